The van der Waals surface area contributed by atoms with E-state index in [1.807, 2.05) is 0 Å². The minimum atomic E-state index is -0.0547. The average molecular weight is 145 g/mol. The molecule has 1 saturated carbocycles. The van der Waals surface area contributed by atoms with E-state index in [0.29, 0.717) is 12.5 Å². The van der Waals surface area contributed by atoms with Crippen LogP contribution in [0.3, 0.4) is 0 Å². The van der Waals surface area contributed by atoms with E-state index < -0.39 is 0 Å². The second-order valence-corrected chi connectivity index (χ2v) is 2.92. The minimum absolute atomic E-state index is 0.0547. The van der Waals surface area contributed by atoms with Gasteiger partial charge < -0.3 is 15.5 Å². The molecule has 60 valence electrons. The highest BCUT2D eigenvalue weighted by Crippen LogP contribution is 2.25. The Kier molecular flexibility index (Phi) is 3.12. The van der Waals surface area contributed by atoms with E-state index in [9.17, 15) is 0 Å². The lowest BCUT2D eigenvalue weighted by molar-refractivity contribution is 0.0427. The third kappa shape index (κ3) is 2.25. The van der Waals surface area contributed by atoms with Gasteiger partial charge in [0.25, 0.3) is 0 Å². The molecule has 0 amide bonds. The zero-order chi connectivity index (χ0) is 7.40. The molecule has 0 unspecified atom stereocenters. The lowest BCUT2D eigenvalue weighted by Crippen LogP contribution is -2.36. The molecule has 1 rings (SSSR count). The molecule has 0 aromatic carbocycles. The molecular weight excluding hydrogens is 130 g/mol. The van der Waals surface area contributed by atoms with Crippen LogP contribution in [-0.2, 0) is 0 Å². The molecule has 3 N–H and O–H groups in total. The Labute approximate surface area is 61.1 Å². The SMILES string of the molecule is OCCNCC1CC(O)C1. The van der Waals surface area contributed by atoms with Crippen molar-refractivity contribution in [3.05, 3.63) is 0 Å². The van der Waals surface area contributed by atoms with Crippen LogP contribution < -0.4 is 5.32 Å². The van der Waals surface area contributed by atoms with E-state index in [1.165, 1.54) is 0 Å². The van der Waals surface area contributed by atoms with Crippen LogP contribution in [0.1, 0.15) is 12.8 Å². The zero-order valence-corrected chi connectivity index (χ0v) is 6.08. The topological polar surface area (TPSA) is 52.5 Å². The summed E-state index contributed by atoms with van der Waals surface area (Å²) in [6, 6.07) is 0. The van der Waals surface area contributed by atoms with E-state index in [4.69, 9.17) is 10.2 Å². The fraction of sp³-hybridized carbons (Fsp3) is 1.00. The summed E-state index contributed by atoms with van der Waals surface area (Å²) in [6.07, 6.45) is 1.80. The van der Waals surface area contributed by atoms with Crippen LogP contribution in [0, 0.1) is 5.92 Å². The van der Waals surface area contributed by atoms with E-state index in [0.717, 1.165) is 19.4 Å². The van der Waals surface area contributed by atoms with Crippen molar-refractivity contribution >= 4 is 0 Å². The number of aliphatic hydroxyl groups is 2. The number of hydrogen-bond acceptors (Lipinski definition) is 3. The number of rotatable bonds is 4. The molecule has 0 aromatic heterocycles. The third-order valence-corrected chi connectivity index (χ3v) is 1.93. The van der Waals surface area contributed by atoms with Crippen LogP contribution >= 0.6 is 0 Å². The maximum Gasteiger partial charge on any atom is 0.0555 e. The van der Waals surface area contributed by atoms with Crippen molar-refractivity contribution in [2.45, 2.75) is 18.9 Å². The number of aliphatic hydroxyl groups excluding tert-OH is 2. The molecule has 1 aliphatic carbocycles. The van der Waals surface area contributed by atoms with E-state index >= 15 is 0 Å². The van der Waals surface area contributed by atoms with Gasteiger partial charge in [-0.3, -0.25) is 0 Å². The Morgan fingerprint density at radius 2 is 2.10 bits per heavy atom. The second-order valence-electron chi connectivity index (χ2n) is 2.92. The Morgan fingerprint density at radius 1 is 1.40 bits per heavy atom. The van der Waals surface area contributed by atoms with Crippen molar-refractivity contribution in [3.8, 4) is 0 Å². The summed E-state index contributed by atoms with van der Waals surface area (Å²) in [7, 11) is 0. The molecule has 1 fully saturated rings. The molecule has 0 bridgehead atoms. The lowest BCUT2D eigenvalue weighted by atomic mass is 9.82. The largest absolute Gasteiger partial charge is 0.395 e. The fourth-order valence-electron chi connectivity index (χ4n) is 1.25. The molecule has 0 spiro atoms. The molecule has 0 atom stereocenters. The van der Waals surface area contributed by atoms with Gasteiger partial charge in [0, 0.05) is 6.54 Å². The van der Waals surface area contributed by atoms with Crippen molar-refractivity contribution in [2.75, 3.05) is 19.7 Å². The van der Waals surface area contributed by atoms with Gasteiger partial charge in [-0.25, -0.2) is 0 Å². The summed E-state index contributed by atoms with van der Waals surface area (Å²) >= 11 is 0. The number of hydrogen-bond donors (Lipinski definition) is 3. The fourth-order valence-corrected chi connectivity index (χ4v) is 1.25. The minimum Gasteiger partial charge on any atom is -0.395 e. The first-order valence-electron chi connectivity index (χ1n) is 3.82. The van der Waals surface area contributed by atoms with Crippen LogP contribution in [0.25, 0.3) is 0 Å². The molecule has 0 saturated heterocycles. The third-order valence-electron chi connectivity index (χ3n) is 1.93. The molecule has 3 heteroatoms. The standard InChI is InChI=1S/C7H15NO2/c9-2-1-8-5-6-3-7(10)4-6/h6-10H,1-5H2. The van der Waals surface area contributed by atoms with Crippen LogP contribution in [-0.4, -0.2) is 36.0 Å². The summed E-state index contributed by atoms with van der Waals surface area (Å²) < 4.78 is 0. The van der Waals surface area contributed by atoms with E-state index in [2.05, 4.69) is 5.32 Å². The van der Waals surface area contributed by atoms with Gasteiger partial charge in [-0.15, -0.1) is 0 Å². The molecule has 0 radical (unpaired) electrons. The highest BCUT2D eigenvalue weighted by Gasteiger charge is 2.26. The van der Waals surface area contributed by atoms with Gasteiger partial charge in [0.05, 0.1) is 12.7 Å². The van der Waals surface area contributed by atoms with Gasteiger partial charge in [0.15, 0.2) is 0 Å². The zero-order valence-electron chi connectivity index (χ0n) is 6.08. The van der Waals surface area contributed by atoms with Gasteiger partial charge in [0.2, 0.25) is 0 Å². The molecule has 0 aromatic rings. The van der Waals surface area contributed by atoms with Crippen LogP contribution in [0.15, 0.2) is 0 Å². The first-order valence-corrected chi connectivity index (χ1v) is 3.82. The van der Waals surface area contributed by atoms with Crippen LogP contribution in [0.5, 0.6) is 0 Å². The van der Waals surface area contributed by atoms with E-state index in [-0.39, 0.29) is 12.7 Å². The van der Waals surface area contributed by atoms with Gasteiger partial charge >= 0.3 is 0 Å². The quantitative estimate of drug-likeness (QED) is 0.460. The summed E-state index contributed by atoms with van der Waals surface area (Å²) in [5.74, 6) is 0.640. The monoisotopic (exact) mass is 145 g/mol. The molecular formula is C7H15NO2. The van der Waals surface area contributed by atoms with Gasteiger partial charge in [-0.1, -0.05) is 0 Å². The second kappa shape index (κ2) is 3.91. The van der Waals surface area contributed by atoms with Crippen molar-refractivity contribution in [2.24, 2.45) is 5.92 Å². The van der Waals surface area contributed by atoms with Crippen LogP contribution in [0.4, 0.5) is 0 Å². The van der Waals surface area contributed by atoms with Crippen molar-refractivity contribution in [1.82, 2.24) is 5.32 Å². The summed E-state index contributed by atoms with van der Waals surface area (Å²) in [5.41, 5.74) is 0. The van der Waals surface area contributed by atoms with Crippen molar-refractivity contribution in [3.63, 3.8) is 0 Å². The Morgan fingerprint density at radius 3 is 2.60 bits per heavy atom. The molecule has 0 heterocycles. The Hall–Kier alpha value is -0.120. The summed E-state index contributed by atoms with van der Waals surface area (Å²) in [6.45, 7) is 1.82. The maximum atomic E-state index is 8.90. The first kappa shape index (κ1) is 7.98. The first-order chi connectivity index (χ1) is 4.83. The smallest absolute Gasteiger partial charge is 0.0555 e. The maximum absolute atomic E-state index is 8.90. The molecule has 10 heavy (non-hydrogen) atoms. The van der Waals surface area contributed by atoms with Crippen molar-refractivity contribution in [1.29, 1.82) is 0 Å². The Balaban J connectivity index is 1.86. The van der Waals surface area contributed by atoms with Crippen LogP contribution in [0.2, 0.25) is 0 Å². The predicted octanol–water partition coefficient (Wildman–Crippen LogP) is -0.661. The molecule has 0 aliphatic heterocycles. The predicted molar refractivity (Wildman–Crippen MR) is 38.7 cm³/mol. The van der Waals surface area contributed by atoms with Gasteiger partial charge in [-0.2, -0.15) is 0 Å². The molecule has 3 nitrogen and oxygen atoms in total. The lowest BCUT2D eigenvalue weighted by Gasteiger charge is -2.31. The summed E-state index contributed by atoms with van der Waals surface area (Å²) in [5, 5.41) is 20.4. The van der Waals surface area contributed by atoms with Gasteiger partial charge in [0.1, 0.15) is 0 Å². The Bertz CT molecular complexity index is 91.6. The highest BCUT2D eigenvalue weighted by atomic mass is 16.3. The number of nitrogens with one attached hydrogen (secondary N) is 1. The molecule has 1 aliphatic rings. The van der Waals surface area contributed by atoms with E-state index in [1.54, 1.807) is 0 Å². The summed E-state index contributed by atoms with van der Waals surface area (Å²) in [4.78, 5) is 0. The van der Waals surface area contributed by atoms with Gasteiger partial charge in [-0.05, 0) is 25.3 Å². The van der Waals surface area contributed by atoms with Crippen molar-refractivity contribution < 1.29 is 10.2 Å². The highest BCUT2D eigenvalue weighted by molar-refractivity contribution is 4.79. The normalized spacial score (nSPS) is 31.8. The average Bonchev–Trinajstić information content (AvgIpc) is 1.85.